The van der Waals surface area contributed by atoms with Gasteiger partial charge >= 0.3 is 0 Å². The molecule has 1 fully saturated rings. The van der Waals surface area contributed by atoms with Gasteiger partial charge in [0.05, 0.1) is 6.54 Å². The van der Waals surface area contributed by atoms with E-state index in [0.717, 1.165) is 39.3 Å². The number of thiophene rings is 1. The van der Waals surface area contributed by atoms with Crippen LogP contribution < -0.4 is 5.32 Å². The van der Waals surface area contributed by atoms with Crippen LogP contribution in [0.15, 0.2) is 41.1 Å². The molecule has 0 bridgehead atoms. The first-order chi connectivity index (χ1) is 12.8. The molecule has 138 valence electrons. The molecular formula is C21H27N3OS. The van der Waals surface area contributed by atoms with Gasteiger partial charge in [-0.2, -0.15) is 11.3 Å². The largest absolute Gasteiger partial charge is 0.355 e. The highest BCUT2D eigenvalue weighted by molar-refractivity contribution is 7.07. The summed E-state index contributed by atoms with van der Waals surface area (Å²) in [6.07, 6.45) is 2.36. The van der Waals surface area contributed by atoms with Crippen LogP contribution in [0.4, 0.5) is 0 Å². The van der Waals surface area contributed by atoms with Gasteiger partial charge < -0.3 is 5.32 Å². The smallest absolute Gasteiger partial charge is 0.234 e. The second-order valence-corrected chi connectivity index (χ2v) is 8.35. The molecule has 2 aromatic rings. The van der Waals surface area contributed by atoms with E-state index in [1.807, 2.05) is 0 Å². The maximum absolute atomic E-state index is 12.3. The summed E-state index contributed by atoms with van der Waals surface area (Å²) in [6, 6.07) is 10.7. The van der Waals surface area contributed by atoms with E-state index in [-0.39, 0.29) is 5.91 Å². The fourth-order valence-electron chi connectivity index (χ4n) is 4.02. The van der Waals surface area contributed by atoms with Crippen molar-refractivity contribution in [2.75, 3.05) is 26.2 Å². The molecule has 4 rings (SSSR count). The van der Waals surface area contributed by atoms with E-state index in [4.69, 9.17) is 0 Å². The second kappa shape index (κ2) is 8.33. The number of likely N-dealkylation sites (tertiary alicyclic amines) is 1. The number of benzene rings is 1. The Morgan fingerprint density at radius 2 is 1.81 bits per heavy atom. The van der Waals surface area contributed by atoms with Crippen molar-refractivity contribution in [3.8, 4) is 0 Å². The number of hydrogen-bond acceptors (Lipinski definition) is 4. The molecule has 0 unspecified atom stereocenters. The van der Waals surface area contributed by atoms with Gasteiger partial charge in [0.15, 0.2) is 0 Å². The Morgan fingerprint density at radius 1 is 1.08 bits per heavy atom. The van der Waals surface area contributed by atoms with Gasteiger partial charge in [-0.25, -0.2) is 0 Å². The van der Waals surface area contributed by atoms with E-state index < -0.39 is 0 Å². The van der Waals surface area contributed by atoms with Gasteiger partial charge in [0.25, 0.3) is 0 Å². The van der Waals surface area contributed by atoms with Gasteiger partial charge in [0.2, 0.25) is 5.91 Å². The minimum atomic E-state index is 0.165. The number of rotatable bonds is 6. The summed E-state index contributed by atoms with van der Waals surface area (Å²) in [5.41, 5.74) is 4.14. The van der Waals surface area contributed by atoms with Crippen molar-refractivity contribution in [2.45, 2.75) is 32.5 Å². The topological polar surface area (TPSA) is 35.6 Å². The third kappa shape index (κ3) is 4.53. The van der Waals surface area contributed by atoms with Gasteiger partial charge in [-0.1, -0.05) is 24.3 Å². The van der Waals surface area contributed by atoms with E-state index in [1.165, 1.54) is 29.5 Å². The summed E-state index contributed by atoms with van der Waals surface area (Å²) in [4.78, 5) is 17.1. The molecular weight excluding hydrogens is 342 g/mol. The van der Waals surface area contributed by atoms with Crippen LogP contribution >= 0.6 is 11.3 Å². The normalized spacial score (nSPS) is 18.8. The van der Waals surface area contributed by atoms with Crippen molar-refractivity contribution >= 4 is 17.2 Å². The molecule has 0 saturated carbocycles. The lowest BCUT2D eigenvalue weighted by atomic mass is 9.96. The molecule has 1 N–H and O–H groups in total. The molecule has 1 aromatic carbocycles. The summed E-state index contributed by atoms with van der Waals surface area (Å²) in [5, 5.41) is 7.56. The molecule has 0 radical (unpaired) electrons. The van der Waals surface area contributed by atoms with Crippen LogP contribution in [-0.4, -0.2) is 41.9 Å². The lowest BCUT2D eigenvalue weighted by Gasteiger charge is -2.31. The monoisotopic (exact) mass is 369 g/mol. The number of hydrogen-bond donors (Lipinski definition) is 1. The molecule has 0 atom stereocenters. The molecule has 0 aliphatic carbocycles. The van der Waals surface area contributed by atoms with Gasteiger partial charge in [0.1, 0.15) is 0 Å². The third-order valence-corrected chi connectivity index (χ3v) is 6.29. The number of carbonyl (C=O) groups excluding carboxylic acids is 1. The molecule has 3 heterocycles. The van der Waals surface area contributed by atoms with Crippen LogP contribution in [0.25, 0.3) is 0 Å². The van der Waals surface area contributed by atoms with E-state index >= 15 is 0 Å². The molecule has 1 saturated heterocycles. The molecule has 1 aromatic heterocycles. The number of piperidine rings is 1. The maximum atomic E-state index is 12.3. The molecule has 5 heteroatoms. The van der Waals surface area contributed by atoms with Crippen molar-refractivity contribution in [1.29, 1.82) is 0 Å². The Morgan fingerprint density at radius 3 is 2.46 bits per heavy atom. The van der Waals surface area contributed by atoms with Crippen LogP contribution in [0, 0.1) is 5.92 Å². The summed E-state index contributed by atoms with van der Waals surface area (Å²) >= 11 is 1.77. The fourth-order valence-corrected chi connectivity index (χ4v) is 4.68. The molecule has 2 aliphatic rings. The van der Waals surface area contributed by atoms with E-state index in [1.54, 1.807) is 11.3 Å². The highest BCUT2D eigenvalue weighted by Gasteiger charge is 2.22. The Balaban J connectivity index is 1.14. The molecule has 2 aliphatic heterocycles. The van der Waals surface area contributed by atoms with Gasteiger partial charge in [-0.3, -0.25) is 14.6 Å². The first kappa shape index (κ1) is 17.7. The third-order valence-electron chi connectivity index (χ3n) is 5.55. The van der Waals surface area contributed by atoms with Crippen molar-refractivity contribution in [1.82, 2.24) is 15.1 Å². The maximum Gasteiger partial charge on any atom is 0.234 e. The van der Waals surface area contributed by atoms with Crippen molar-refractivity contribution in [2.24, 2.45) is 5.92 Å². The van der Waals surface area contributed by atoms with Gasteiger partial charge in [-0.05, 0) is 65.4 Å². The van der Waals surface area contributed by atoms with Crippen molar-refractivity contribution < 1.29 is 4.79 Å². The Bertz CT molecular complexity index is 698. The highest BCUT2D eigenvalue weighted by atomic mass is 32.1. The standard InChI is InChI=1S/C21H27N3OS/c25-21(15-24-13-19-3-1-2-4-20(19)14-24)22-11-17-5-8-23(9-6-17)12-18-7-10-26-16-18/h1-4,7,10,16-17H,5-6,8-9,11-15H2,(H,22,25). The van der Waals surface area contributed by atoms with E-state index in [0.29, 0.717) is 12.5 Å². The fraction of sp³-hybridized carbons (Fsp3) is 0.476. The minimum absolute atomic E-state index is 0.165. The van der Waals surface area contributed by atoms with Crippen LogP contribution in [0.2, 0.25) is 0 Å². The number of nitrogens with one attached hydrogen (secondary N) is 1. The molecule has 0 spiro atoms. The Kier molecular flexibility index (Phi) is 5.68. The summed E-state index contributed by atoms with van der Waals surface area (Å²) in [7, 11) is 0. The van der Waals surface area contributed by atoms with Crippen LogP contribution in [0.1, 0.15) is 29.5 Å². The quantitative estimate of drug-likeness (QED) is 0.850. The van der Waals surface area contributed by atoms with Gasteiger partial charge in [-0.15, -0.1) is 0 Å². The number of carbonyl (C=O) groups is 1. The Labute approximate surface area is 159 Å². The van der Waals surface area contributed by atoms with Crippen LogP contribution in [0.3, 0.4) is 0 Å². The molecule has 26 heavy (non-hydrogen) atoms. The minimum Gasteiger partial charge on any atom is -0.355 e. The number of nitrogens with zero attached hydrogens (tertiary/aromatic N) is 2. The van der Waals surface area contributed by atoms with Crippen molar-refractivity contribution in [3.63, 3.8) is 0 Å². The van der Waals surface area contributed by atoms with E-state index in [9.17, 15) is 4.79 Å². The second-order valence-electron chi connectivity index (χ2n) is 7.57. The first-order valence-corrected chi connectivity index (χ1v) is 10.5. The average Bonchev–Trinajstić information content (AvgIpc) is 3.30. The van der Waals surface area contributed by atoms with Crippen LogP contribution in [0.5, 0.6) is 0 Å². The zero-order chi connectivity index (χ0) is 17.8. The molecule has 1 amide bonds. The predicted octanol–water partition coefficient (Wildman–Crippen LogP) is 3.09. The zero-order valence-electron chi connectivity index (χ0n) is 15.2. The summed E-state index contributed by atoms with van der Waals surface area (Å²) < 4.78 is 0. The van der Waals surface area contributed by atoms with Crippen LogP contribution in [-0.2, 0) is 24.4 Å². The molecule has 4 nitrogen and oxygen atoms in total. The lowest BCUT2D eigenvalue weighted by Crippen LogP contribution is -2.40. The van der Waals surface area contributed by atoms with Gasteiger partial charge in [0, 0.05) is 26.2 Å². The number of fused-ring (bicyclic) bond motifs is 1. The lowest BCUT2D eigenvalue weighted by molar-refractivity contribution is -0.122. The summed E-state index contributed by atoms with van der Waals surface area (Å²) in [6.45, 7) is 6.46. The average molecular weight is 370 g/mol. The SMILES string of the molecule is O=C(CN1Cc2ccccc2C1)NCC1CCN(Cc2ccsc2)CC1. The summed E-state index contributed by atoms with van der Waals surface area (Å²) in [5.74, 6) is 0.784. The van der Waals surface area contributed by atoms with E-state index in [2.05, 4.69) is 56.2 Å². The Hall–Kier alpha value is -1.69. The zero-order valence-corrected chi connectivity index (χ0v) is 16.0. The highest BCUT2D eigenvalue weighted by Crippen LogP contribution is 2.22. The number of amides is 1. The predicted molar refractivity (Wildman–Crippen MR) is 106 cm³/mol. The van der Waals surface area contributed by atoms with Crippen molar-refractivity contribution in [3.05, 3.63) is 57.8 Å². The first-order valence-electron chi connectivity index (χ1n) is 9.55.